The van der Waals surface area contributed by atoms with Gasteiger partial charge in [-0.15, -0.1) is 0 Å². The van der Waals surface area contributed by atoms with Gasteiger partial charge < -0.3 is 10.0 Å². The maximum Gasteiger partial charge on any atom is 0.335 e. The number of aromatic carboxylic acids is 1. The van der Waals surface area contributed by atoms with E-state index in [1.54, 1.807) is 4.90 Å². The highest BCUT2D eigenvalue weighted by molar-refractivity contribution is 5.96. The van der Waals surface area contributed by atoms with Crippen LogP contribution in [-0.4, -0.2) is 33.4 Å². The van der Waals surface area contributed by atoms with Crippen molar-refractivity contribution >= 4 is 11.9 Å². The Balaban J connectivity index is 1.82. The molecule has 3 rings (SSSR count). The summed E-state index contributed by atoms with van der Waals surface area (Å²) in [7, 11) is 0. The summed E-state index contributed by atoms with van der Waals surface area (Å²) in [6.07, 6.45) is 2.27. The van der Waals surface area contributed by atoms with Crippen LogP contribution in [0.4, 0.5) is 0 Å². The molecule has 5 nitrogen and oxygen atoms in total. The Hall–Kier alpha value is -2.69. The summed E-state index contributed by atoms with van der Waals surface area (Å²) < 4.78 is 0. The molecule has 2 aromatic rings. The third-order valence-electron chi connectivity index (χ3n) is 3.60. The number of nitrogens with zero attached hydrogens (tertiary/aromatic N) is 2. The second-order valence-corrected chi connectivity index (χ2v) is 4.97. The fraction of sp³-hybridized carbons (Fsp3) is 0.188. The van der Waals surface area contributed by atoms with E-state index in [4.69, 9.17) is 5.11 Å². The first-order chi connectivity index (χ1) is 10.1. The van der Waals surface area contributed by atoms with Crippen molar-refractivity contribution in [1.82, 2.24) is 9.88 Å². The predicted molar refractivity (Wildman–Crippen MR) is 76.1 cm³/mol. The van der Waals surface area contributed by atoms with E-state index >= 15 is 0 Å². The van der Waals surface area contributed by atoms with Gasteiger partial charge in [0.25, 0.3) is 5.91 Å². The highest BCUT2D eigenvalue weighted by Gasteiger charge is 2.24. The van der Waals surface area contributed by atoms with Gasteiger partial charge in [-0.1, -0.05) is 18.2 Å². The number of hydrogen-bond acceptors (Lipinski definition) is 3. The van der Waals surface area contributed by atoms with Crippen LogP contribution in [0.15, 0.2) is 42.6 Å². The number of aromatic nitrogens is 1. The molecule has 21 heavy (non-hydrogen) atoms. The number of fused-ring (bicyclic) bond motifs is 1. The van der Waals surface area contributed by atoms with Gasteiger partial charge in [0, 0.05) is 18.3 Å². The van der Waals surface area contributed by atoms with Crippen LogP contribution >= 0.6 is 0 Å². The summed E-state index contributed by atoms with van der Waals surface area (Å²) >= 11 is 0. The number of benzene rings is 1. The summed E-state index contributed by atoms with van der Waals surface area (Å²) in [5.41, 5.74) is 2.55. The summed E-state index contributed by atoms with van der Waals surface area (Å²) in [6, 6.07) is 10.5. The third-order valence-corrected chi connectivity index (χ3v) is 3.60. The Bertz CT molecular complexity index is 712. The molecule has 0 atom stereocenters. The van der Waals surface area contributed by atoms with E-state index < -0.39 is 5.97 Å². The van der Waals surface area contributed by atoms with Crippen LogP contribution in [0.2, 0.25) is 0 Å². The zero-order valence-electron chi connectivity index (χ0n) is 11.3. The van der Waals surface area contributed by atoms with Gasteiger partial charge in [0.15, 0.2) is 0 Å². The lowest BCUT2D eigenvalue weighted by atomic mass is 9.99. The molecule has 0 bridgehead atoms. The van der Waals surface area contributed by atoms with E-state index in [-0.39, 0.29) is 11.5 Å². The van der Waals surface area contributed by atoms with Gasteiger partial charge in [0.2, 0.25) is 0 Å². The molecule has 1 amide bonds. The largest absolute Gasteiger partial charge is 0.478 e. The first kappa shape index (κ1) is 13.3. The SMILES string of the molecule is O=C(O)c1ccnc(CN2CCc3ccccc3C2=O)c1. The van der Waals surface area contributed by atoms with Crippen molar-refractivity contribution in [3.05, 3.63) is 65.0 Å². The van der Waals surface area contributed by atoms with Crippen LogP contribution in [0, 0.1) is 0 Å². The lowest BCUT2D eigenvalue weighted by Crippen LogP contribution is -2.37. The smallest absolute Gasteiger partial charge is 0.335 e. The minimum Gasteiger partial charge on any atom is -0.478 e. The van der Waals surface area contributed by atoms with Gasteiger partial charge in [-0.2, -0.15) is 0 Å². The summed E-state index contributed by atoms with van der Waals surface area (Å²) in [5.74, 6) is -1.02. The van der Waals surface area contributed by atoms with E-state index in [2.05, 4.69) is 4.98 Å². The zero-order chi connectivity index (χ0) is 14.8. The number of carbonyl (C=O) groups excluding carboxylic acids is 1. The van der Waals surface area contributed by atoms with E-state index in [0.717, 1.165) is 17.5 Å². The Morgan fingerprint density at radius 1 is 1.29 bits per heavy atom. The van der Waals surface area contributed by atoms with E-state index in [1.165, 1.54) is 18.3 Å². The topological polar surface area (TPSA) is 70.5 Å². The van der Waals surface area contributed by atoms with Gasteiger partial charge in [-0.25, -0.2) is 4.79 Å². The number of amides is 1. The average Bonchev–Trinajstić information content (AvgIpc) is 2.51. The number of carboxylic acid groups (broad SMARTS) is 1. The highest BCUT2D eigenvalue weighted by atomic mass is 16.4. The Morgan fingerprint density at radius 3 is 2.90 bits per heavy atom. The first-order valence-corrected chi connectivity index (χ1v) is 6.70. The Labute approximate surface area is 121 Å². The molecule has 0 spiro atoms. The molecule has 1 aliphatic rings. The third kappa shape index (κ3) is 2.63. The molecule has 2 heterocycles. The van der Waals surface area contributed by atoms with Crippen LogP contribution in [0.3, 0.4) is 0 Å². The van der Waals surface area contributed by atoms with Crippen LogP contribution in [0.5, 0.6) is 0 Å². The van der Waals surface area contributed by atoms with E-state index in [9.17, 15) is 9.59 Å². The molecule has 1 N–H and O–H groups in total. The maximum atomic E-state index is 12.4. The van der Waals surface area contributed by atoms with Gasteiger partial charge in [-0.3, -0.25) is 9.78 Å². The van der Waals surface area contributed by atoms with Gasteiger partial charge in [0.05, 0.1) is 17.8 Å². The van der Waals surface area contributed by atoms with Crippen LogP contribution in [0.1, 0.15) is 32.0 Å². The van der Waals surface area contributed by atoms with Crippen molar-refractivity contribution in [3.63, 3.8) is 0 Å². The second-order valence-electron chi connectivity index (χ2n) is 4.97. The maximum absolute atomic E-state index is 12.4. The van der Waals surface area contributed by atoms with Crippen molar-refractivity contribution in [2.45, 2.75) is 13.0 Å². The molecule has 106 valence electrons. The second kappa shape index (κ2) is 5.36. The minimum atomic E-state index is -0.992. The fourth-order valence-corrected chi connectivity index (χ4v) is 2.52. The van der Waals surface area contributed by atoms with Gasteiger partial charge in [-0.05, 0) is 30.2 Å². The highest BCUT2D eigenvalue weighted by Crippen LogP contribution is 2.20. The van der Waals surface area contributed by atoms with Crippen molar-refractivity contribution < 1.29 is 14.7 Å². The van der Waals surface area contributed by atoms with Crippen LogP contribution in [0.25, 0.3) is 0 Å². The van der Waals surface area contributed by atoms with Crippen molar-refractivity contribution in [3.8, 4) is 0 Å². The van der Waals surface area contributed by atoms with Crippen LogP contribution in [-0.2, 0) is 13.0 Å². The van der Waals surface area contributed by atoms with E-state index in [1.807, 2.05) is 24.3 Å². The van der Waals surface area contributed by atoms with Gasteiger partial charge >= 0.3 is 5.97 Å². The molecule has 1 aromatic carbocycles. The molecule has 0 unspecified atom stereocenters. The molecule has 5 heteroatoms. The summed E-state index contributed by atoms with van der Waals surface area (Å²) in [4.78, 5) is 29.2. The molecule has 0 saturated heterocycles. The Kier molecular flexibility index (Phi) is 3.39. The number of rotatable bonds is 3. The lowest BCUT2D eigenvalue weighted by molar-refractivity contribution is 0.0696. The molecular formula is C16H14N2O3. The van der Waals surface area contributed by atoms with Crippen molar-refractivity contribution in [2.75, 3.05) is 6.54 Å². The standard InChI is InChI=1S/C16H14N2O3/c19-15-14-4-2-1-3-11(14)6-8-18(15)10-13-9-12(16(20)21)5-7-17-13/h1-5,7,9H,6,8,10H2,(H,20,21). The number of carbonyl (C=O) groups is 2. The Morgan fingerprint density at radius 2 is 2.10 bits per heavy atom. The molecule has 1 aliphatic heterocycles. The first-order valence-electron chi connectivity index (χ1n) is 6.70. The van der Waals surface area contributed by atoms with Gasteiger partial charge in [0.1, 0.15) is 0 Å². The normalized spacial score (nSPS) is 13.9. The summed E-state index contributed by atoms with van der Waals surface area (Å²) in [5, 5.41) is 8.99. The monoisotopic (exact) mass is 282 g/mol. The molecule has 0 aliphatic carbocycles. The zero-order valence-corrected chi connectivity index (χ0v) is 11.3. The molecule has 0 fully saturated rings. The summed E-state index contributed by atoms with van der Waals surface area (Å²) in [6.45, 7) is 0.948. The van der Waals surface area contributed by atoms with Crippen LogP contribution < -0.4 is 0 Å². The quantitative estimate of drug-likeness (QED) is 0.934. The molecule has 0 radical (unpaired) electrons. The molecule has 0 saturated carbocycles. The average molecular weight is 282 g/mol. The minimum absolute atomic E-state index is 0.0284. The predicted octanol–water partition coefficient (Wildman–Crippen LogP) is 1.98. The number of hydrogen-bond donors (Lipinski definition) is 1. The van der Waals surface area contributed by atoms with Crippen molar-refractivity contribution in [1.29, 1.82) is 0 Å². The fourth-order valence-electron chi connectivity index (χ4n) is 2.52. The van der Waals surface area contributed by atoms with Crippen molar-refractivity contribution in [2.24, 2.45) is 0 Å². The number of carboxylic acids is 1. The number of pyridine rings is 1. The molecule has 1 aromatic heterocycles. The molecular weight excluding hydrogens is 268 g/mol. The van der Waals surface area contributed by atoms with E-state index in [0.29, 0.717) is 18.8 Å². The lowest BCUT2D eigenvalue weighted by Gasteiger charge is -2.28.